The van der Waals surface area contributed by atoms with E-state index in [9.17, 15) is 4.79 Å². The molecule has 3 rings (SSSR count). The molecule has 1 amide bonds. The van der Waals surface area contributed by atoms with Crippen molar-refractivity contribution in [3.8, 4) is 11.3 Å². The molecule has 0 aliphatic heterocycles. The first-order valence-electron chi connectivity index (χ1n) is 7.68. The lowest BCUT2D eigenvalue weighted by molar-refractivity contribution is 0.102. The van der Waals surface area contributed by atoms with Crippen LogP contribution in [-0.4, -0.2) is 5.91 Å². The summed E-state index contributed by atoms with van der Waals surface area (Å²) in [5.74, 6) is 1.13. The zero-order chi connectivity index (χ0) is 17.3. The zero-order valence-electron chi connectivity index (χ0n) is 13.8. The van der Waals surface area contributed by atoms with Gasteiger partial charge in [-0.2, -0.15) is 0 Å². The van der Waals surface area contributed by atoms with Crippen LogP contribution in [0.2, 0.25) is 0 Å². The summed E-state index contributed by atoms with van der Waals surface area (Å²) >= 11 is 3.41. The van der Waals surface area contributed by atoms with Crippen LogP contribution in [0, 0.1) is 20.8 Å². The quantitative estimate of drug-likeness (QED) is 0.612. The summed E-state index contributed by atoms with van der Waals surface area (Å²) in [4.78, 5) is 12.6. The Kier molecular flexibility index (Phi) is 4.58. The van der Waals surface area contributed by atoms with E-state index in [4.69, 9.17) is 4.42 Å². The number of nitrogens with one attached hydrogen (secondary N) is 1. The predicted molar refractivity (Wildman–Crippen MR) is 100 cm³/mol. The third-order valence-electron chi connectivity index (χ3n) is 3.77. The molecule has 4 heteroatoms. The fourth-order valence-corrected chi connectivity index (χ4v) is 2.97. The van der Waals surface area contributed by atoms with Crippen molar-refractivity contribution >= 4 is 27.5 Å². The number of aryl methyl sites for hydroxylation is 3. The number of carbonyl (C=O) groups is 1. The first-order valence-corrected chi connectivity index (χ1v) is 8.48. The fraction of sp³-hybridized carbons (Fsp3) is 0.150. The highest BCUT2D eigenvalue weighted by atomic mass is 79.9. The molecule has 0 saturated heterocycles. The van der Waals surface area contributed by atoms with Crippen molar-refractivity contribution in [1.82, 2.24) is 0 Å². The molecule has 24 heavy (non-hydrogen) atoms. The van der Waals surface area contributed by atoms with Crippen molar-refractivity contribution < 1.29 is 9.21 Å². The van der Waals surface area contributed by atoms with Crippen LogP contribution in [0.1, 0.15) is 27.2 Å². The van der Waals surface area contributed by atoms with Crippen molar-refractivity contribution in [3.05, 3.63) is 75.5 Å². The normalized spacial score (nSPS) is 10.7. The van der Waals surface area contributed by atoms with Crippen LogP contribution >= 0.6 is 15.9 Å². The van der Waals surface area contributed by atoms with Crippen LogP contribution in [0.5, 0.6) is 0 Å². The molecule has 1 N–H and O–H groups in total. The molecule has 0 aliphatic carbocycles. The molecule has 0 saturated carbocycles. The van der Waals surface area contributed by atoms with Crippen LogP contribution in [0.15, 0.2) is 57.4 Å². The number of furan rings is 1. The SMILES string of the molecule is Cc1cc(C)cc(NC(=O)c2cc(-c3ccc(Br)cc3)oc2C)c1. The molecule has 0 spiro atoms. The van der Waals surface area contributed by atoms with E-state index < -0.39 is 0 Å². The van der Waals surface area contributed by atoms with Gasteiger partial charge in [-0.1, -0.05) is 34.1 Å². The number of rotatable bonds is 3. The number of halogens is 1. The number of carbonyl (C=O) groups excluding carboxylic acids is 1. The van der Waals surface area contributed by atoms with Crippen molar-refractivity contribution in [2.45, 2.75) is 20.8 Å². The highest BCUT2D eigenvalue weighted by Crippen LogP contribution is 2.27. The average Bonchev–Trinajstić information content (AvgIpc) is 2.89. The topological polar surface area (TPSA) is 42.2 Å². The Morgan fingerprint density at radius 3 is 2.21 bits per heavy atom. The molecule has 3 aromatic rings. The van der Waals surface area contributed by atoms with E-state index in [1.54, 1.807) is 13.0 Å². The van der Waals surface area contributed by atoms with E-state index in [2.05, 4.69) is 27.3 Å². The standard InChI is InChI=1S/C20H18BrNO2/c1-12-8-13(2)10-17(9-12)22-20(23)18-11-19(24-14(18)3)15-4-6-16(21)7-5-15/h4-11H,1-3H3,(H,22,23). The molecule has 3 nitrogen and oxygen atoms in total. The van der Waals surface area contributed by atoms with Gasteiger partial charge in [0.2, 0.25) is 0 Å². The summed E-state index contributed by atoms with van der Waals surface area (Å²) < 4.78 is 6.77. The Balaban J connectivity index is 1.86. The van der Waals surface area contributed by atoms with Gasteiger partial charge in [-0.15, -0.1) is 0 Å². The Bertz CT molecular complexity index is 874. The number of anilines is 1. The number of amides is 1. The molecule has 0 unspecified atom stereocenters. The Hall–Kier alpha value is -2.33. The lowest BCUT2D eigenvalue weighted by atomic mass is 10.1. The minimum atomic E-state index is -0.162. The van der Waals surface area contributed by atoms with Crippen molar-refractivity contribution in [2.24, 2.45) is 0 Å². The van der Waals surface area contributed by atoms with Gasteiger partial charge in [0.25, 0.3) is 5.91 Å². The highest BCUT2D eigenvalue weighted by molar-refractivity contribution is 9.10. The molecule has 0 bridgehead atoms. The molecule has 0 fully saturated rings. The first-order chi connectivity index (χ1) is 11.4. The minimum Gasteiger partial charge on any atom is -0.461 e. The van der Waals surface area contributed by atoms with Crippen molar-refractivity contribution in [2.75, 3.05) is 5.32 Å². The van der Waals surface area contributed by atoms with E-state index in [0.717, 1.165) is 26.9 Å². The summed E-state index contributed by atoms with van der Waals surface area (Å²) in [6.07, 6.45) is 0. The van der Waals surface area contributed by atoms with Gasteiger partial charge in [-0.05, 0) is 62.2 Å². The maximum Gasteiger partial charge on any atom is 0.259 e. The van der Waals surface area contributed by atoms with E-state index in [-0.39, 0.29) is 5.91 Å². The van der Waals surface area contributed by atoms with Gasteiger partial charge < -0.3 is 9.73 Å². The number of benzene rings is 2. The number of hydrogen-bond donors (Lipinski definition) is 1. The zero-order valence-corrected chi connectivity index (χ0v) is 15.4. The summed E-state index contributed by atoms with van der Waals surface area (Å²) in [6.45, 7) is 5.83. The molecular weight excluding hydrogens is 366 g/mol. The van der Waals surface area contributed by atoms with Gasteiger partial charge in [-0.3, -0.25) is 4.79 Å². The smallest absolute Gasteiger partial charge is 0.259 e. The van der Waals surface area contributed by atoms with Crippen molar-refractivity contribution in [3.63, 3.8) is 0 Å². The highest BCUT2D eigenvalue weighted by Gasteiger charge is 2.16. The fourth-order valence-electron chi connectivity index (χ4n) is 2.71. The second-order valence-electron chi connectivity index (χ2n) is 5.92. The van der Waals surface area contributed by atoms with Gasteiger partial charge in [0.15, 0.2) is 0 Å². The maximum absolute atomic E-state index is 12.6. The van der Waals surface area contributed by atoms with Crippen LogP contribution in [-0.2, 0) is 0 Å². The van der Waals surface area contributed by atoms with Crippen molar-refractivity contribution in [1.29, 1.82) is 0 Å². The summed E-state index contributed by atoms with van der Waals surface area (Å²) in [6, 6.07) is 15.6. The van der Waals surface area contributed by atoms with Gasteiger partial charge in [0, 0.05) is 15.7 Å². The van der Waals surface area contributed by atoms with Gasteiger partial charge in [0.05, 0.1) is 5.56 Å². The maximum atomic E-state index is 12.6. The Morgan fingerprint density at radius 2 is 1.58 bits per heavy atom. The molecule has 2 aromatic carbocycles. The summed E-state index contributed by atoms with van der Waals surface area (Å²) in [5, 5.41) is 2.95. The summed E-state index contributed by atoms with van der Waals surface area (Å²) in [5.41, 5.74) is 4.51. The Labute approximate surface area is 149 Å². The van der Waals surface area contributed by atoms with Gasteiger partial charge in [-0.25, -0.2) is 0 Å². The third kappa shape index (κ3) is 3.60. The van der Waals surface area contributed by atoms with Gasteiger partial charge in [0.1, 0.15) is 11.5 Å². The molecule has 0 radical (unpaired) electrons. The van der Waals surface area contributed by atoms with E-state index in [1.807, 2.05) is 50.2 Å². The monoisotopic (exact) mass is 383 g/mol. The molecule has 1 aromatic heterocycles. The molecular formula is C20H18BrNO2. The summed E-state index contributed by atoms with van der Waals surface area (Å²) in [7, 11) is 0. The lowest BCUT2D eigenvalue weighted by Gasteiger charge is -2.06. The average molecular weight is 384 g/mol. The molecule has 122 valence electrons. The minimum absolute atomic E-state index is 0.162. The molecule has 1 heterocycles. The van der Waals surface area contributed by atoms with Crippen LogP contribution < -0.4 is 5.32 Å². The first kappa shape index (κ1) is 16.5. The predicted octanol–water partition coefficient (Wildman–Crippen LogP) is 5.89. The van der Waals surface area contributed by atoms with E-state index >= 15 is 0 Å². The third-order valence-corrected chi connectivity index (χ3v) is 4.30. The Morgan fingerprint density at radius 1 is 0.958 bits per heavy atom. The van der Waals surface area contributed by atoms with E-state index in [0.29, 0.717) is 17.1 Å². The largest absolute Gasteiger partial charge is 0.461 e. The molecule has 0 atom stereocenters. The van der Waals surface area contributed by atoms with Gasteiger partial charge >= 0.3 is 0 Å². The van der Waals surface area contributed by atoms with Crippen LogP contribution in [0.3, 0.4) is 0 Å². The second-order valence-corrected chi connectivity index (χ2v) is 6.83. The van der Waals surface area contributed by atoms with Crippen LogP contribution in [0.4, 0.5) is 5.69 Å². The second kappa shape index (κ2) is 6.65. The number of hydrogen-bond acceptors (Lipinski definition) is 2. The lowest BCUT2D eigenvalue weighted by Crippen LogP contribution is -2.12. The van der Waals surface area contributed by atoms with E-state index in [1.165, 1.54) is 0 Å². The molecule has 0 aliphatic rings. The van der Waals surface area contributed by atoms with Crippen LogP contribution in [0.25, 0.3) is 11.3 Å².